The van der Waals surface area contributed by atoms with Crippen LogP contribution in [-0.4, -0.2) is 55.8 Å². The molecular weight excluding hydrogens is 442 g/mol. The molecule has 0 bridgehead atoms. The van der Waals surface area contributed by atoms with Crippen molar-refractivity contribution in [3.63, 3.8) is 0 Å². The predicted molar refractivity (Wildman–Crippen MR) is 108 cm³/mol. The number of hydrogen-bond acceptors (Lipinski definition) is 4. The molecule has 1 fully saturated rings. The van der Waals surface area contributed by atoms with Gasteiger partial charge in [-0.05, 0) is 49.4 Å². The van der Waals surface area contributed by atoms with Gasteiger partial charge in [-0.2, -0.15) is 4.31 Å². The van der Waals surface area contributed by atoms with E-state index < -0.39 is 21.9 Å². The number of amides is 1. The third-order valence-corrected chi connectivity index (χ3v) is 7.15. The standard InChI is InChI=1S/C19H19Cl2FN2O4S/c1-13(28-16-5-3-15(22)4-6-16)19(25)23-8-10-24(11-9-23)29(26,27)18-12-14(20)2-7-17(18)21/h2-7,12-13H,8-11H2,1H3. The Morgan fingerprint density at radius 2 is 1.69 bits per heavy atom. The first-order valence-electron chi connectivity index (χ1n) is 8.84. The highest BCUT2D eigenvalue weighted by atomic mass is 35.5. The summed E-state index contributed by atoms with van der Waals surface area (Å²) in [6.45, 7) is 2.28. The van der Waals surface area contributed by atoms with Gasteiger partial charge in [-0.25, -0.2) is 12.8 Å². The highest BCUT2D eigenvalue weighted by Crippen LogP contribution is 2.28. The summed E-state index contributed by atoms with van der Waals surface area (Å²) < 4.78 is 45.5. The topological polar surface area (TPSA) is 66.9 Å². The molecule has 0 saturated carbocycles. The molecule has 1 amide bonds. The third kappa shape index (κ3) is 5.01. The summed E-state index contributed by atoms with van der Waals surface area (Å²) >= 11 is 11.9. The third-order valence-electron chi connectivity index (χ3n) is 4.54. The van der Waals surface area contributed by atoms with Crippen LogP contribution in [0.15, 0.2) is 47.4 Å². The number of benzene rings is 2. The van der Waals surface area contributed by atoms with E-state index in [1.807, 2.05) is 0 Å². The first-order valence-corrected chi connectivity index (χ1v) is 11.0. The summed E-state index contributed by atoms with van der Waals surface area (Å²) in [6.07, 6.45) is -0.786. The Labute approximate surface area is 178 Å². The normalized spacial score (nSPS) is 16.5. The Balaban J connectivity index is 1.62. The van der Waals surface area contributed by atoms with Gasteiger partial charge in [0.25, 0.3) is 5.91 Å². The summed E-state index contributed by atoms with van der Waals surface area (Å²) in [5, 5.41) is 0.364. The number of halogens is 3. The monoisotopic (exact) mass is 460 g/mol. The molecule has 1 saturated heterocycles. The van der Waals surface area contributed by atoms with E-state index in [0.29, 0.717) is 5.75 Å². The van der Waals surface area contributed by atoms with Crippen LogP contribution in [-0.2, 0) is 14.8 Å². The minimum absolute atomic E-state index is 0.0561. The first kappa shape index (κ1) is 21.8. The molecule has 0 aromatic heterocycles. The van der Waals surface area contributed by atoms with Gasteiger partial charge in [-0.1, -0.05) is 23.2 Å². The molecule has 1 aliphatic rings. The number of carbonyl (C=O) groups excluding carboxylic acids is 1. The molecule has 29 heavy (non-hydrogen) atoms. The van der Waals surface area contributed by atoms with Crippen LogP contribution in [0.3, 0.4) is 0 Å². The van der Waals surface area contributed by atoms with Crippen molar-refractivity contribution in [3.05, 3.63) is 58.3 Å². The Morgan fingerprint density at radius 1 is 1.07 bits per heavy atom. The fourth-order valence-corrected chi connectivity index (χ4v) is 5.15. The molecule has 2 aromatic carbocycles. The summed E-state index contributed by atoms with van der Waals surface area (Å²) in [4.78, 5) is 14.1. The largest absolute Gasteiger partial charge is 0.481 e. The van der Waals surface area contributed by atoms with Crippen molar-refractivity contribution in [3.8, 4) is 5.75 Å². The number of sulfonamides is 1. The zero-order chi connectivity index (χ0) is 21.2. The Hall–Kier alpha value is -1.87. The first-order chi connectivity index (χ1) is 13.7. The van der Waals surface area contributed by atoms with Crippen molar-refractivity contribution in [2.75, 3.05) is 26.2 Å². The summed E-state index contributed by atoms with van der Waals surface area (Å²) in [6, 6.07) is 9.65. The van der Waals surface area contributed by atoms with Crippen LogP contribution in [0.4, 0.5) is 4.39 Å². The van der Waals surface area contributed by atoms with Gasteiger partial charge in [0, 0.05) is 31.2 Å². The summed E-state index contributed by atoms with van der Waals surface area (Å²) in [5.41, 5.74) is 0. The molecule has 0 radical (unpaired) electrons. The van der Waals surface area contributed by atoms with Crippen molar-refractivity contribution in [2.24, 2.45) is 0 Å². The molecular formula is C19H19Cl2FN2O4S. The van der Waals surface area contributed by atoms with E-state index in [4.69, 9.17) is 27.9 Å². The molecule has 0 spiro atoms. The van der Waals surface area contributed by atoms with Gasteiger partial charge in [-0.3, -0.25) is 4.79 Å². The van der Waals surface area contributed by atoms with Crippen LogP contribution in [0.2, 0.25) is 10.0 Å². The van der Waals surface area contributed by atoms with E-state index in [-0.39, 0.29) is 47.0 Å². The maximum absolute atomic E-state index is 13.0. The molecule has 0 aliphatic carbocycles. The maximum Gasteiger partial charge on any atom is 0.263 e. The average molecular weight is 461 g/mol. The quantitative estimate of drug-likeness (QED) is 0.685. The second-order valence-electron chi connectivity index (χ2n) is 6.52. The highest BCUT2D eigenvalue weighted by molar-refractivity contribution is 7.89. The fourth-order valence-electron chi connectivity index (χ4n) is 2.99. The summed E-state index contributed by atoms with van der Waals surface area (Å²) in [7, 11) is -3.82. The minimum atomic E-state index is -3.82. The lowest BCUT2D eigenvalue weighted by atomic mass is 10.2. The Kier molecular flexibility index (Phi) is 6.68. The zero-order valence-electron chi connectivity index (χ0n) is 15.5. The van der Waals surface area contributed by atoms with Crippen LogP contribution in [0.1, 0.15) is 6.92 Å². The Morgan fingerprint density at radius 3 is 2.31 bits per heavy atom. The van der Waals surface area contributed by atoms with Crippen LogP contribution < -0.4 is 4.74 Å². The van der Waals surface area contributed by atoms with Crippen molar-refractivity contribution in [2.45, 2.75) is 17.9 Å². The van der Waals surface area contributed by atoms with Gasteiger partial charge < -0.3 is 9.64 Å². The lowest BCUT2D eigenvalue weighted by molar-refractivity contribution is -0.139. The van der Waals surface area contributed by atoms with Gasteiger partial charge in [0.1, 0.15) is 16.5 Å². The fraction of sp³-hybridized carbons (Fsp3) is 0.316. The smallest absolute Gasteiger partial charge is 0.263 e. The van der Waals surface area contributed by atoms with Crippen molar-refractivity contribution >= 4 is 39.1 Å². The number of nitrogens with zero attached hydrogens (tertiary/aromatic N) is 2. The van der Waals surface area contributed by atoms with Gasteiger partial charge in [-0.15, -0.1) is 0 Å². The lowest BCUT2D eigenvalue weighted by Gasteiger charge is -2.35. The molecule has 2 aromatic rings. The molecule has 3 rings (SSSR count). The predicted octanol–water partition coefficient (Wildman–Crippen LogP) is 3.43. The van der Waals surface area contributed by atoms with Gasteiger partial charge in [0.2, 0.25) is 10.0 Å². The van der Waals surface area contributed by atoms with E-state index in [0.717, 1.165) is 0 Å². The molecule has 156 valence electrons. The zero-order valence-corrected chi connectivity index (χ0v) is 17.8. The molecule has 0 N–H and O–H groups in total. The van der Waals surface area contributed by atoms with E-state index in [2.05, 4.69) is 0 Å². The van der Waals surface area contributed by atoms with Crippen LogP contribution in [0.5, 0.6) is 5.75 Å². The second kappa shape index (κ2) is 8.87. The number of ether oxygens (including phenoxy) is 1. The van der Waals surface area contributed by atoms with Gasteiger partial charge in [0.05, 0.1) is 5.02 Å². The van der Waals surface area contributed by atoms with Crippen LogP contribution >= 0.6 is 23.2 Å². The van der Waals surface area contributed by atoms with Crippen molar-refractivity contribution in [1.29, 1.82) is 0 Å². The molecule has 6 nitrogen and oxygen atoms in total. The molecule has 1 unspecified atom stereocenters. The van der Waals surface area contributed by atoms with Crippen molar-refractivity contribution in [1.82, 2.24) is 9.21 Å². The highest BCUT2D eigenvalue weighted by Gasteiger charge is 2.33. The van der Waals surface area contributed by atoms with E-state index >= 15 is 0 Å². The second-order valence-corrected chi connectivity index (χ2v) is 9.27. The average Bonchev–Trinajstić information content (AvgIpc) is 2.71. The number of carbonyl (C=O) groups is 1. The van der Waals surface area contributed by atoms with E-state index in [1.165, 1.54) is 46.8 Å². The minimum Gasteiger partial charge on any atom is -0.481 e. The van der Waals surface area contributed by atoms with E-state index in [1.54, 1.807) is 11.8 Å². The maximum atomic E-state index is 13.0. The summed E-state index contributed by atoms with van der Waals surface area (Å²) in [5.74, 6) is -0.287. The Bertz CT molecular complexity index is 994. The number of hydrogen-bond donors (Lipinski definition) is 0. The molecule has 10 heteroatoms. The molecule has 1 atom stereocenters. The van der Waals surface area contributed by atoms with Crippen LogP contribution in [0.25, 0.3) is 0 Å². The van der Waals surface area contributed by atoms with Crippen molar-refractivity contribution < 1.29 is 22.3 Å². The SMILES string of the molecule is CC(Oc1ccc(F)cc1)C(=O)N1CCN(S(=O)(=O)c2cc(Cl)ccc2Cl)CC1. The lowest BCUT2D eigenvalue weighted by Crippen LogP contribution is -2.53. The van der Waals surface area contributed by atoms with Crippen LogP contribution in [0, 0.1) is 5.82 Å². The van der Waals surface area contributed by atoms with Gasteiger partial charge in [0.15, 0.2) is 6.10 Å². The molecule has 1 heterocycles. The number of piperazine rings is 1. The molecule has 1 aliphatic heterocycles. The number of rotatable bonds is 5. The van der Waals surface area contributed by atoms with Gasteiger partial charge >= 0.3 is 0 Å². The van der Waals surface area contributed by atoms with E-state index in [9.17, 15) is 17.6 Å².